The first kappa shape index (κ1) is 7.68. The molecule has 0 bridgehead atoms. The average Bonchev–Trinajstić information content (AvgIpc) is 2.84. The van der Waals surface area contributed by atoms with Gasteiger partial charge in [0.05, 0.1) is 11.4 Å². The second kappa shape index (κ2) is 2.83. The van der Waals surface area contributed by atoms with Crippen LogP contribution in [0.4, 0.5) is 0 Å². The van der Waals surface area contributed by atoms with Crippen molar-refractivity contribution in [2.45, 2.75) is 19.3 Å². The fraction of sp³-hybridized carbons (Fsp3) is 0.556. The van der Waals surface area contributed by atoms with E-state index in [-0.39, 0.29) is 0 Å². The van der Waals surface area contributed by atoms with Gasteiger partial charge in [-0.15, -0.1) is 0 Å². The molecule has 1 saturated carbocycles. The van der Waals surface area contributed by atoms with Crippen LogP contribution in [0.25, 0.3) is 0 Å². The lowest BCUT2D eigenvalue weighted by atomic mass is 10.2. The van der Waals surface area contributed by atoms with Crippen molar-refractivity contribution in [1.82, 2.24) is 9.97 Å². The molecule has 0 spiro atoms. The van der Waals surface area contributed by atoms with Crippen LogP contribution in [0.5, 0.6) is 0 Å². The van der Waals surface area contributed by atoms with Gasteiger partial charge < -0.3 is 5.73 Å². The molecule has 0 unspecified atom stereocenters. The molecule has 12 heavy (non-hydrogen) atoms. The molecule has 1 aliphatic rings. The molecule has 2 rings (SSSR count). The Balaban J connectivity index is 2.19. The van der Waals surface area contributed by atoms with E-state index in [0.29, 0.717) is 11.8 Å². The summed E-state index contributed by atoms with van der Waals surface area (Å²) in [5.41, 5.74) is 7.76. The monoisotopic (exact) mass is 163 g/mol. The minimum Gasteiger partial charge on any atom is -0.330 e. The van der Waals surface area contributed by atoms with Crippen molar-refractivity contribution in [3.8, 4) is 0 Å². The summed E-state index contributed by atoms with van der Waals surface area (Å²) >= 11 is 0. The number of rotatable bonds is 2. The van der Waals surface area contributed by atoms with E-state index in [1.165, 1.54) is 6.42 Å². The van der Waals surface area contributed by atoms with Crippen LogP contribution in [-0.4, -0.2) is 16.5 Å². The fourth-order valence-electron chi connectivity index (χ4n) is 1.63. The van der Waals surface area contributed by atoms with Gasteiger partial charge >= 0.3 is 0 Å². The molecule has 2 atom stereocenters. The molecule has 0 radical (unpaired) electrons. The number of nitrogens with two attached hydrogens (primary N) is 1. The normalized spacial score (nSPS) is 27.2. The van der Waals surface area contributed by atoms with Crippen molar-refractivity contribution in [3.05, 3.63) is 23.8 Å². The van der Waals surface area contributed by atoms with Crippen LogP contribution >= 0.6 is 0 Å². The second-order valence-corrected chi connectivity index (χ2v) is 3.36. The predicted molar refractivity (Wildman–Crippen MR) is 46.7 cm³/mol. The highest BCUT2D eigenvalue weighted by Crippen LogP contribution is 2.46. The lowest BCUT2D eigenvalue weighted by molar-refractivity contribution is 0.787. The number of hydrogen-bond acceptors (Lipinski definition) is 3. The van der Waals surface area contributed by atoms with E-state index >= 15 is 0 Å². The van der Waals surface area contributed by atoms with Crippen molar-refractivity contribution < 1.29 is 0 Å². The number of nitrogens with zero attached hydrogens (tertiary/aromatic N) is 2. The summed E-state index contributed by atoms with van der Waals surface area (Å²) in [5, 5.41) is 0. The molecule has 64 valence electrons. The topological polar surface area (TPSA) is 51.8 Å². The fourth-order valence-corrected chi connectivity index (χ4v) is 1.63. The highest BCUT2D eigenvalue weighted by molar-refractivity contribution is 5.21. The Morgan fingerprint density at radius 2 is 2.25 bits per heavy atom. The molecule has 0 aliphatic heterocycles. The van der Waals surface area contributed by atoms with Gasteiger partial charge in [-0.05, 0) is 25.8 Å². The van der Waals surface area contributed by atoms with Crippen molar-refractivity contribution in [2.75, 3.05) is 6.54 Å². The molecule has 0 amide bonds. The Morgan fingerprint density at radius 1 is 1.50 bits per heavy atom. The van der Waals surface area contributed by atoms with Crippen molar-refractivity contribution >= 4 is 0 Å². The summed E-state index contributed by atoms with van der Waals surface area (Å²) in [7, 11) is 0. The van der Waals surface area contributed by atoms with Gasteiger partial charge in [-0.25, -0.2) is 0 Å². The van der Waals surface area contributed by atoms with E-state index in [1.807, 2.05) is 6.92 Å². The van der Waals surface area contributed by atoms with E-state index < -0.39 is 0 Å². The van der Waals surface area contributed by atoms with Crippen LogP contribution in [0.2, 0.25) is 0 Å². The molecule has 1 heterocycles. The highest BCUT2D eigenvalue weighted by Gasteiger charge is 2.39. The van der Waals surface area contributed by atoms with Crippen molar-refractivity contribution in [3.63, 3.8) is 0 Å². The van der Waals surface area contributed by atoms with Crippen LogP contribution in [0.15, 0.2) is 12.4 Å². The molecule has 1 aromatic heterocycles. The second-order valence-electron chi connectivity index (χ2n) is 3.36. The smallest absolute Gasteiger partial charge is 0.0650 e. The van der Waals surface area contributed by atoms with Gasteiger partial charge in [-0.1, -0.05) is 0 Å². The zero-order chi connectivity index (χ0) is 8.55. The summed E-state index contributed by atoms with van der Waals surface area (Å²) < 4.78 is 0. The van der Waals surface area contributed by atoms with Gasteiger partial charge in [-0.2, -0.15) is 0 Å². The van der Waals surface area contributed by atoms with Crippen LogP contribution in [0, 0.1) is 12.8 Å². The van der Waals surface area contributed by atoms with Crippen LogP contribution in [0.3, 0.4) is 0 Å². The third kappa shape index (κ3) is 1.20. The van der Waals surface area contributed by atoms with Gasteiger partial charge in [-0.3, -0.25) is 9.97 Å². The number of hydrogen-bond donors (Lipinski definition) is 1. The van der Waals surface area contributed by atoms with E-state index in [4.69, 9.17) is 5.73 Å². The highest BCUT2D eigenvalue weighted by atomic mass is 14.8. The van der Waals surface area contributed by atoms with Gasteiger partial charge in [0.25, 0.3) is 0 Å². The van der Waals surface area contributed by atoms with E-state index in [0.717, 1.165) is 17.9 Å². The van der Waals surface area contributed by atoms with Crippen LogP contribution in [-0.2, 0) is 0 Å². The van der Waals surface area contributed by atoms with Crippen LogP contribution < -0.4 is 5.73 Å². The molecule has 0 aromatic carbocycles. The Kier molecular flexibility index (Phi) is 1.81. The standard InChI is InChI=1S/C9H13N3/c1-6-9(12-3-2-11-6)8-4-7(8)5-10/h2-3,7-8H,4-5,10H2,1H3/t7-,8+/m0/s1. The molecular formula is C9H13N3. The Hall–Kier alpha value is -0.960. The average molecular weight is 163 g/mol. The number of aryl methyl sites for hydroxylation is 1. The molecule has 2 N–H and O–H groups in total. The summed E-state index contributed by atoms with van der Waals surface area (Å²) in [4.78, 5) is 8.53. The van der Waals surface area contributed by atoms with E-state index in [2.05, 4.69) is 9.97 Å². The third-order valence-electron chi connectivity index (χ3n) is 2.50. The first-order chi connectivity index (χ1) is 5.83. The maximum atomic E-state index is 5.56. The SMILES string of the molecule is Cc1nccnc1[C@@H]1C[C@H]1CN. The van der Waals surface area contributed by atoms with Gasteiger partial charge in [0, 0.05) is 18.3 Å². The van der Waals surface area contributed by atoms with Crippen molar-refractivity contribution in [1.29, 1.82) is 0 Å². The molecule has 1 aliphatic carbocycles. The maximum Gasteiger partial charge on any atom is 0.0650 e. The minimum absolute atomic E-state index is 0.587. The summed E-state index contributed by atoms with van der Waals surface area (Å²) in [6, 6.07) is 0. The van der Waals surface area contributed by atoms with Gasteiger partial charge in [0.15, 0.2) is 0 Å². The predicted octanol–water partition coefficient (Wildman–Crippen LogP) is 0.847. The molecule has 1 aromatic rings. The lowest BCUT2D eigenvalue weighted by Gasteiger charge is -2.00. The van der Waals surface area contributed by atoms with E-state index in [1.54, 1.807) is 12.4 Å². The molecule has 3 nitrogen and oxygen atoms in total. The maximum absolute atomic E-state index is 5.56. The van der Waals surface area contributed by atoms with Crippen LogP contribution in [0.1, 0.15) is 23.7 Å². The van der Waals surface area contributed by atoms with E-state index in [9.17, 15) is 0 Å². The molecule has 3 heteroatoms. The third-order valence-corrected chi connectivity index (χ3v) is 2.50. The minimum atomic E-state index is 0.587. The lowest BCUT2D eigenvalue weighted by Crippen LogP contribution is -2.03. The Bertz CT molecular complexity index is 285. The Morgan fingerprint density at radius 3 is 2.83 bits per heavy atom. The van der Waals surface area contributed by atoms with Gasteiger partial charge in [0.2, 0.25) is 0 Å². The summed E-state index contributed by atoms with van der Waals surface area (Å²) in [5.74, 6) is 1.24. The quantitative estimate of drug-likeness (QED) is 0.703. The molecule has 1 fully saturated rings. The zero-order valence-corrected chi connectivity index (χ0v) is 7.20. The number of aromatic nitrogens is 2. The molecule has 0 saturated heterocycles. The molecular weight excluding hydrogens is 150 g/mol. The van der Waals surface area contributed by atoms with Gasteiger partial charge in [0.1, 0.15) is 0 Å². The first-order valence-electron chi connectivity index (χ1n) is 4.30. The summed E-state index contributed by atoms with van der Waals surface area (Å²) in [6.45, 7) is 2.79. The first-order valence-corrected chi connectivity index (χ1v) is 4.30. The summed E-state index contributed by atoms with van der Waals surface area (Å²) in [6.07, 6.45) is 4.68. The van der Waals surface area contributed by atoms with Crippen molar-refractivity contribution in [2.24, 2.45) is 11.7 Å². The Labute approximate surface area is 72.0 Å². The largest absolute Gasteiger partial charge is 0.330 e. The zero-order valence-electron chi connectivity index (χ0n) is 7.20.